The fraction of sp³-hybridized carbons (Fsp3) is 0.750. The summed E-state index contributed by atoms with van der Waals surface area (Å²) >= 11 is 0. The monoisotopic (exact) mass is 156 g/mol. The van der Waals surface area contributed by atoms with E-state index in [-0.39, 0.29) is 17.9 Å². The molecule has 2 unspecified atom stereocenters. The van der Waals surface area contributed by atoms with Crippen LogP contribution in [-0.4, -0.2) is 29.6 Å². The van der Waals surface area contributed by atoms with Crippen LogP contribution in [0.1, 0.15) is 19.3 Å². The molecule has 2 N–H and O–H groups in total. The molecule has 1 heterocycles. The van der Waals surface area contributed by atoms with Gasteiger partial charge in [-0.15, -0.1) is 0 Å². The predicted molar refractivity (Wildman–Crippen MR) is 42.0 cm³/mol. The van der Waals surface area contributed by atoms with Crippen LogP contribution < -0.4 is 5.32 Å². The van der Waals surface area contributed by atoms with E-state index in [1.54, 1.807) is 0 Å². The summed E-state index contributed by atoms with van der Waals surface area (Å²) < 4.78 is 0. The number of carbonyl (C=O) groups is 1. The van der Waals surface area contributed by atoms with Gasteiger partial charge in [0.15, 0.2) is 0 Å². The van der Waals surface area contributed by atoms with E-state index in [4.69, 9.17) is 0 Å². The molecule has 0 amide bonds. The molecule has 0 aromatic rings. The van der Waals surface area contributed by atoms with E-state index in [1.807, 2.05) is 0 Å². The first-order valence-electron chi connectivity index (χ1n) is 3.96. The first kappa shape index (κ1) is 8.68. The Kier molecular flexibility index (Phi) is 3.02. The van der Waals surface area contributed by atoms with Gasteiger partial charge in [-0.25, -0.2) is 0 Å². The van der Waals surface area contributed by atoms with Crippen LogP contribution in [-0.2, 0) is 4.79 Å². The number of ketones is 1. The summed E-state index contributed by atoms with van der Waals surface area (Å²) in [4.78, 5) is 10.6. The van der Waals surface area contributed by atoms with Crippen LogP contribution in [0, 0.1) is 6.92 Å². The molecule has 3 nitrogen and oxygen atoms in total. The van der Waals surface area contributed by atoms with Gasteiger partial charge in [0.25, 0.3) is 0 Å². The molecule has 3 heteroatoms. The Hall–Kier alpha value is -0.410. The normalized spacial score (nSPS) is 31.8. The molecule has 1 aliphatic heterocycles. The first-order valence-corrected chi connectivity index (χ1v) is 3.96. The van der Waals surface area contributed by atoms with Crippen molar-refractivity contribution in [1.29, 1.82) is 0 Å². The van der Waals surface area contributed by atoms with Gasteiger partial charge in [-0.05, 0) is 19.4 Å². The van der Waals surface area contributed by atoms with E-state index in [1.165, 1.54) is 0 Å². The second-order valence-electron chi connectivity index (χ2n) is 3.01. The number of hydrogen-bond donors (Lipinski definition) is 2. The number of aliphatic hydroxyl groups is 1. The van der Waals surface area contributed by atoms with E-state index in [2.05, 4.69) is 12.2 Å². The molecule has 0 spiro atoms. The van der Waals surface area contributed by atoms with Crippen molar-refractivity contribution in [2.45, 2.75) is 31.4 Å². The van der Waals surface area contributed by atoms with E-state index in [0.717, 1.165) is 19.4 Å². The van der Waals surface area contributed by atoms with Gasteiger partial charge in [-0.1, -0.05) is 0 Å². The largest absolute Gasteiger partial charge is 0.391 e. The molecule has 0 bridgehead atoms. The van der Waals surface area contributed by atoms with E-state index in [9.17, 15) is 9.90 Å². The molecule has 2 atom stereocenters. The number of nitrogens with one attached hydrogen (secondary N) is 1. The summed E-state index contributed by atoms with van der Waals surface area (Å²) in [5, 5.41) is 12.5. The van der Waals surface area contributed by atoms with Crippen LogP contribution in [0.5, 0.6) is 0 Å². The van der Waals surface area contributed by atoms with Crippen molar-refractivity contribution in [1.82, 2.24) is 5.32 Å². The third kappa shape index (κ3) is 2.60. The Morgan fingerprint density at radius 3 is 3.00 bits per heavy atom. The van der Waals surface area contributed by atoms with Crippen molar-refractivity contribution >= 4 is 5.78 Å². The zero-order chi connectivity index (χ0) is 8.27. The van der Waals surface area contributed by atoms with Crippen LogP contribution in [0.4, 0.5) is 0 Å². The fourth-order valence-corrected chi connectivity index (χ4v) is 1.39. The second-order valence-corrected chi connectivity index (χ2v) is 3.01. The van der Waals surface area contributed by atoms with Crippen molar-refractivity contribution in [3.8, 4) is 0 Å². The van der Waals surface area contributed by atoms with Crippen molar-refractivity contribution in [3.05, 3.63) is 6.92 Å². The third-order valence-electron chi connectivity index (χ3n) is 2.00. The Bertz CT molecular complexity index is 147. The summed E-state index contributed by atoms with van der Waals surface area (Å²) in [6, 6.07) is -0.0613. The maximum Gasteiger partial charge on any atom is 0.135 e. The Morgan fingerprint density at radius 2 is 2.45 bits per heavy atom. The predicted octanol–water partition coefficient (Wildman–Crippen LogP) is -0.107. The lowest BCUT2D eigenvalue weighted by molar-refractivity contribution is -0.116. The minimum atomic E-state index is -0.366. The molecular formula is C8H14NO2. The molecule has 63 valence electrons. The van der Waals surface area contributed by atoms with E-state index < -0.39 is 0 Å². The summed E-state index contributed by atoms with van der Waals surface area (Å²) in [6.45, 7) is 4.17. The minimum absolute atomic E-state index is 0.0613. The fourth-order valence-electron chi connectivity index (χ4n) is 1.39. The number of rotatable bonds is 2. The van der Waals surface area contributed by atoms with Crippen LogP contribution in [0.25, 0.3) is 0 Å². The Balaban J connectivity index is 2.35. The van der Waals surface area contributed by atoms with Crippen molar-refractivity contribution < 1.29 is 9.90 Å². The molecular weight excluding hydrogens is 142 g/mol. The lowest BCUT2D eigenvalue weighted by Crippen LogP contribution is -2.45. The summed E-state index contributed by atoms with van der Waals surface area (Å²) in [7, 11) is 0. The lowest BCUT2D eigenvalue weighted by Gasteiger charge is -2.27. The van der Waals surface area contributed by atoms with Crippen LogP contribution in [0.3, 0.4) is 0 Å². The van der Waals surface area contributed by atoms with Gasteiger partial charge < -0.3 is 10.4 Å². The van der Waals surface area contributed by atoms with Gasteiger partial charge in [0, 0.05) is 19.4 Å². The Morgan fingerprint density at radius 1 is 1.73 bits per heavy atom. The first-order chi connectivity index (χ1) is 5.20. The second kappa shape index (κ2) is 3.83. The molecule has 1 saturated heterocycles. The molecule has 1 fully saturated rings. The smallest absolute Gasteiger partial charge is 0.135 e. The molecule has 0 aromatic heterocycles. The molecule has 11 heavy (non-hydrogen) atoms. The Labute approximate surface area is 66.8 Å². The van der Waals surface area contributed by atoms with Crippen LogP contribution in [0.2, 0.25) is 0 Å². The van der Waals surface area contributed by atoms with Crippen LogP contribution >= 0.6 is 0 Å². The number of aliphatic hydroxyl groups excluding tert-OH is 1. The average Bonchev–Trinajstić information content (AvgIpc) is 1.93. The summed E-state index contributed by atoms with van der Waals surface area (Å²) in [5.74, 6) is -0.108. The quantitative estimate of drug-likeness (QED) is 0.586. The number of hydrogen-bond acceptors (Lipinski definition) is 3. The molecule has 0 aromatic carbocycles. The molecule has 1 rings (SSSR count). The molecule has 0 aliphatic carbocycles. The number of piperidine rings is 1. The summed E-state index contributed by atoms with van der Waals surface area (Å²) in [5.41, 5.74) is 0. The van der Waals surface area contributed by atoms with Gasteiger partial charge >= 0.3 is 0 Å². The third-order valence-corrected chi connectivity index (χ3v) is 2.00. The number of carbonyl (C=O) groups excluding carboxylic acids is 1. The van der Waals surface area contributed by atoms with Crippen molar-refractivity contribution in [3.63, 3.8) is 0 Å². The maximum absolute atomic E-state index is 10.6. The average molecular weight is 156 g/mol. The highest BCUT2D eigenvalue weighted by Crippen LogP contribution is 2.11. The highest BCUT2D eigenvalue weighted by Gasteiger charge is 2.23. The van der Waals surface area contributed by atoms with E-state index in [0.29, 0.717) is 6.42 Å². The zero-order valence-corrected chi connectivity index (χ0v) is 6.55. The van der Waals surface area contributed by atoms with Gasteiger partial charge in [-0.2, -0.15) is 0 Å². The molecule has 0 saturated carbocycles. The summed E-state index contributed by atoms with van der Waals surface area (Å²) in [6.07, 6.45) is 1.77. The van der Waals surface area contributed by atoms with Crippen molar-refractivity contribution in [2.24, 2.45) is 0 Å². The van der Waals surface area contributed by atoms with Gasteiger partial charge in [0.05, 0.1) is 6.10 Å². The standard InChI is InChI=1S/C8H14NO2/c1-6(10)5-7-8(11)3-2-4-9-7/h7-9,11H,1-5H2. The topological polar surface area (TPSA) is 49.3 Å². The molecule has 1 radical (unpaired) electrons. The minimum Gasteiger partial charge on any atom is -0.391 e. The van der Waals surface area contributed by atoms with Gasteiger partial charge in [0.1, 0.15) is 5.78 Å². The number of Topliss-reactive ketones (excluding diaryl/α,β-unsaturated/α-hetero) is 1. The highest BCUT2D eigenvalue weighted by molar-refractivity contribution is 5.83. The molecule has 1 aliphatic rings. The zero-order valence-electron chi connectivity index (χ0n) is 6.55. The SMILES string of the molecule is [CH2]C(=O)CC1NCCCC1O. The lowest BCUT2D eigenvalue weighted by atomic mass is 9.97. The van der Waals surface area contributed by atoms with Gasteiger partial charge in [-0.3, -0.25) is 4.79 Å². The maximum atomic E-state index is 10.6. The van der Waals surface area contributed by atoms with Crippen molar-refractivity contribution in [2.75, 3.05) is 6.54 Å². The highest BCUT2D eigenvalue weighted by atomic mass is 16.3. The van der Waals surface area contributed by atoms with Gasteiger partial charge in [0.2, 0.25) is 0 Å². The van der Waals surface area contributed by atoms with E-state index >= 15 is 0 Å². The van der Waals surface area contributed by atoms with Crippen LogP contribution in [0.15, 0.2) is 0 Å².